The molecule has 0 aliphatic carbocycles. The Hall–Kier alpha value is -2.86. The zero-order chi connectivity index (χ0) is 18.6. The molecule has 0 fully saturated rings. The Labute approximate surface area is 161 Å². The van der Waals surface area contributed by atoms with Gasteiger partial charge in [0.15, 0.2) is 5.58 Å². The van der Waals surface area contributed by atoms with E-state index in [1.54, 1.807) is 0 Å². The molecule has 136 valence electrons. The third-order valence-corrected chi connectivity index (χ3v) is 5.42. The van der Waals surface area contributed by atoms with E-state index in [2.05, 4.69) is 27.4 Å². The molecule has 4 rings (SSSR count). The van der Waals surface area contributed by atoms with Crippen molar-refractivity contribution in [2.24, 2.45) is 0 Å². The molecule has 0 spiro atoms. The maximum absolute atomic E-state index is 12.4. The number of carbonyl (C=O) groups is 1. The van der Waals surface area contributed by atoms with E-state index in [-0.39, 0.29) is 11.2 Å². The lowest BCUT2D eigenvalue weighted by Gasteiger charge is -2.11. The van der Waals surface area contributed by atoms with Crippen LogP contribution < -0.4 is 5.32 Å². The van der Waals surface area contributed by atoms with Crippen LogP contribution in [0, 0.1) is 0 Å². The van der Waals surface area contributed by atoms with Crippen LogP contribution >= 0.6 is 11.8 Å². The molecule has 0 aliphatic heterocycles. The second-order valence-corrected chi connectivity index (χ2v) is 7.57. The van der Waals surface area contributed by atoms with Gasteiger partial charge in [0.1, 0.15) is 22.5 Å². The van der Waals surface area contributed by atoms with Gasteiger partial charge in [0.25, 0.3) is 0 Å². The maximum atomic E-state index is 12.4. The molecule has 0 unspecified atom stereocenters. The highest BCUT2D eigenvalue weighted by Crippen LogP contribution is 2.33. The number of hydrogen-bond acceptors (Lipinski definition) is 5. The Bertz CT molecular complexity index is 1080. The van der Waals surface area contributed by atoms with Crippen molar-refractivity contribution >= 4 is 39.7 Å². The van der Waals surface area contributed by atoms with Crippen molar-refractivity contribution in [3.05, 3.63) is 66.5 Å². The van der Waals surface area contributed by atoms with Crippen molar-refractivity contribution in [1.29, 1.82) is 0 Å². The molecule has 1 amide bonds. The van der Waals surface area contributed by atoms with Crippen molar-refractivity contribution in [2.45, 2.75) is 23.6 Å². The summed E-state index contributed by atoms with van der Waals surface area (Å²) in [7, 11) is 0. The monoisotopic (exact) mass is 377 g/mol. The second-order valence-electron chi connectivity index (χ2n) is 6.24. The molecule has 0 bridgehead atoms. The van der Waals surface area contributed by atoms with E-state index in [1.165, 1.54) is 23.7 Å². The lowest BCUT2D eigenvalue weighted by Crippen LogP contribution is -2.32. The van der Waals surface area contributed by atoms with Gasteiger partial charge in [-0.2, -0.15) is 0 Å². The predicted octanol–water partition coefficient (Wildman–Crippen LogP) is 4.22. The number of rotatable bonds is 6. The smallest absolute Gasteiger partial charge is 0.233 e. The quantitative estimate of drug-likeness (QED) is 0.403. The largest absolute Gasteiger partial charge is 0.451 e. The molecule has 0 aliphatic rings. The molecule has 2 aromatic carbocycles. The fourth-order valence-corrected chi connectivity index (χ4v) is 3.80. The van der Waals surface area contributed by atoms with E-state index in [1.807, 2.05) is 49.4 Å². The van der Waals surface area contributed by atoms with Gasteiger partial charge in [0, 0.05) is 11.9 Å². The van der Waals surface area contributed by atoms with Crippen molar-refractivity contribution in [3.8, 4) is 0 Å². The lowest BCUT2D eigenvalue weighted by molar-refractivity contribution is -0.120. The Morgan fingerprint density at radius 2 is 1.89 bits per heavy atom. The van der Waals surface area contributed by atoms with E-state index in [0.717, 1.165) is 22.9 Å². The summed E-state index contributed by atoms with van der Waals surface area (Å²) in [5, 5.41) is 4.34. The van der Waals surface area contributed by atoms with Gasteiger partial charge in [-0.15, -0.1) is 0 Å². The molecule has 6 heteroatoms. The number of para-hydroxylation sites is 1. The van der Waals surface area contributed by atoms with E-state index in [9.17, 15) is 4.79 Å². The number of amides is 1. The summed E-state index contributed by atoms with van der Waals surface area (Å²) in [6, 6.07) is 17.9. The zero-order valence-corrected chi connectivity index (χ0v) is 15.7. The van der Waals surface area contributed by atoms with Crippen LogP contribution in [0.3, 0.4) is 0 Å². The number of benzene rings is 2. The number of fused-ring (bicyclic) bond motifs is 3. The second kappa shape index (κ2) is 7.80. The molecule has 27 heavy (non-hydrogen) atoms. The number of carbonyl (C=O) groups excluding carboxylic acids is 1. The van der Waals surface area contributed by atoms with Crippen molar-refractivity contribution < 1.29 is 9.21 Å². The predicted molar refractivity (Wildman–Crippen MR) is 108 cm³/mol. The standard InChI is InChI=1S/C21H19N3O2S/c1-14(20(25)22-12-11-15-7-3-2-4-8-15)27-21-19-18(23-13-24-21)16-9-5-6-10-17(16)26-19/h2-10,13-14H,11-12H2,1H3,(H,22,25)/t14-/m1/s1. The zero-order valence-electron chi connectivity index (χ0n) is 14.9. The van der Waals surface area contributed by atoms with E-state index >= 15 is 0 Å². The van der Waals surface area contributed by atoms with E-state index in [4.69, 9.17) is 4.42 Å². The molecule has 1 N–H and O–H groups in total. The van der Waals surface area contributed by atoms with E-state index < -0.39 is 0 Å². The fourth-order valence-electron chi connectivity index (χ4n) is 2.93. The molecule has 2 aromatic heterocycles. The highest BCUT2D eigenvalue weighted by molar-refractivity contribution is 8.00. The summed E-state index contributed by atoms with van der Waals surface area (Å²) in [4.78, 5) is 21.1. The summed E-state index contributed by atoms with van der Waals surface area (Å²) < 4.78 is 5.93. The van der Waals surface area contributed by atoms with Gasteiger partial charge in [0.05, 0.1) is 5.25 Å². The van der Waals surface area contributed by atoms with Crippen LogP contribution in [0.15, 0.2) is 70.4 Å². The number of nitrogens with one attached hydrogen (secondary N) is 1. The van der Waals surface area contributed by atoms with Gasteiger partial charge in [-0.05, 0) is 31.0 Å². The third-order valence-electron chi connectivity index (χ3n) is 4.34. The van der Waals surface area contributed by atoms with Crippen molar-refractivity contribution in [2.75, 3.05) is 6.54 Å². The average Bonchev–Trinajstić information content (AvgIpc) is 3.08. The minimum atomic E-state index is -0.285. The Balaban J connectivity index is 1.44. The molecule has 2 heterocycles. The summed E-state index contributed by atoms with van der Waals surface area (Å²) >= 11 is 1.39. The summed E-state index contributed by atoms with van der Waals surface area (Å²) in [5.41, 5.74) is 3.39. The van der Waals surface area contributed by atoms with Crippen LogP contribution in [0.1, 0.15) is 12.5 Å². The van der Waals surface area contributed by atoms with Gasteiger partial charge in [0.2, 0.25) is 5.91 Å². The van der Waals surface area contributed by atoms with E-state index in [0.29, 0.717) is 17.2 Å². The first kappa shape index (κ1) is 17.5. The first-order chi connectivity index (χ1) is 13.2. The van der Waals surface area contributed by atoms with Crippen molar-refractivity contribution in [1.82, 2.24) is 15.3 Å². The average molecular weight is 377 g/mol. The molecule has 4 aromatic rings. The van der Waals surface area contributed by atoms with Crippen LogP contribution in [-0.2, 0) is 11.2 Å². The van der Waals surface area contributed by atoms with Crippen LogP contribution in [0.2, 0.25) is 0 Å². The minimum Gasteiger partial charge on any atom is -0.451 e. The topological polar surface area (TPSA) is 68.0 Å². The maximum Gasteiger partial charge on any atom is 0.233 e. The molecule has 0 saturated heterocycles. The van der Waals surface area contributed by atoms with Gasteiger partial charge in [-0.25, -0.2) is 9.97 Å². The number of hydrogen-bond donors (Lipinski definition) is 1. The van der Waals surface area contributed by atoms with Crippen LogP contribution in [0.25, 0.3) is 22.1 Å². The lowest BCUT2D eigenvalue weighted by atomic mass is 10.1. The number of furan rings is 1. The van der Waals surface area contributed by atoms with Crippen LogP contribution in [-0.4, -0.2) is 27.7 Å². The van der Waals surface area contributed by atoms with Gasteiger partial charge < -0.3 is 9.73 Å². The SMILES string of the molecule is C[C@@H](Sc1ncnc2c1oc1ccccc12)C(=O)NCCc1ccccc1. The molecule has 5 nitrogen and oxygen atoms in total. The molecular weight excluding hydrogens is 358 g/mol. The molecule has 1 atom stereocenters. The fraction of sp³-hybridized carbons (Fsp3) is 0.190. The van der Waals surface area contributed by atoms with Crippen LogP contribution in [0.5, 0.6) is 0 Å². The highest BCUT2D eigenvalue weighted by Gasteiger charge is 2.19. The minimum absolute atomic E-state index is 0.0150. The summed E-state index contributed by atoms with van der Waals surface area (Å²) in [6.07, 6.45) is 2.33. The molecule has 0 saturated carbocycles. The normalized spacial score (nSPS) is 12.3. The Morgan fingerprint density at radius 1 is 1.11 bits per heavy atom. The van der Waals surface area contributed by atoms with Gasteiger partial charge >= 0.3 is 0 Å². The van der Waals surface area contributed by atoms with Gasteiger partial charge in [-0.1, -0.05) is 54.2 Å². The summed E-state index contributed by atoms with van der Waals surface area (Å²) in [6.45, 7) is 2.48. The first-order valence-corrected chi connectivity index (χ1v) is 9.71. The Kier molecular flexibility index (Phi) is 5.07. The van der Waals surface area contributed by atoms with Crippen LogP contribution in [0.4, 0.5) is 0 Å². The highest BCUT2D eigenvalue weighted by atomic mass is 32.2. The van der Waals surface area contributed by atoms with Crippen molar-refractivity contribution in [3.63, 3.8) is 0 Å². The molecule has 0 radical (unpaired) electrons. The third kappa shape index (κ3) is 3.80. The Morgan fingerprint density at radius 3 is 2.74 bits per heavy atom. The number of nitrogens with zero attached hydrogens (tertiary/aromatic N) is 2. The first-order valence-electron chi connectivity index (χ1n) is 8.83. The summed E-state index contributed by atoms with van der Waals surface area (Å²) in [5.74, 6) is -0.0150. The van der Waals surface area contributed by atoms with Gasteiger partial charge in [-0.3, -0.25) is 4.79 Å². The number of aromatic nitrogens is 2. The number of thioether (sulfide) groups is 1. The molecular formula is C21H19N3O2S.